The van der Waals surface area contributed by atoms with Gasteiger partial charge in [0.2, 0.25) is 0 Å². The Balaban J connectivity index is 2.11. The van der Waals surface area contributed by atoms with Crippen LogP contribution >= 0.6 is 0 Å². The molecule has 0 atom stereocenters. The quantitative estimate of drug-likeness (QED) is 0.674. The number of nitrogens with zero attached hydrogens (tertiary/aromatic N) is 1. The van der Waals surface area contributed by atoms with E-state index in [0.717, 1.165) is 5.56 Å². The SMILES string of the molecule is N#C/C(=C/c1cccc(OCc2ccccc2)c1)C(N)=O. The second kappa shape index (κ2) is 6.92. The van der Waals surface area contributed by atoms with Crippen LogP contribution in [-0.4, -0.2) is 5.91 Å². The lowest BCUT2D eigenvalue weighted by atomic mass is 10.1. The molecule has 21 heavy (non-hydrogen) atoms. The first-order valence-electron chi connectivity index (χ1n) is 6.37. The largest absolute Gasteiger partial charge is 0.489 e. The molecule has 4 nitrogen and oxygen atoms in total. The van der Waals surface area contributed by atoms with Crippen molar-refractivity contribution in [1.29, 1.82) is 5.26 Å². The number of carbonyl (C=O) groups excluding carboxylic acids is 1. The van der Waals surface area contributed by atoms with Crippen LogP contribution in [0.4, 0.5) is 0 Å². The van der Waals surface area contributed by atoms with Gasteiger partial charge in [-0.05, 0) is 29.3 Å². The van der Waals surface area contributed by atoms with E-state index in [9.17, 15) is 4.79 Å². The van der Waals surface area contributed by atoms with Gasteiger partial charge in [0.05, 0.1) is 0 Å². The molecule has 0 bridgehead atoms. The van der Waals surface area contributed by atoms with E-state index in [1.807, 2.05) is 36.4 Å². The number of amides is 1. The molecule has 0 aliphatic rings. The third-order valence-corrected chi connectivity index (χ3v) is 2.80. The molecule has 2 aromatic carbocycles. The summed E-state index contributed by atoms with van der Waals surface area (Å²) in [6.07, 6.45) is 1.44. The average molecular weight is 278 g/mol. The molecule has 0 aromatic heterocycles. The summed E-state index contributed by atoms with van der Waals surface area (Å²) in [5.74, 6) is -0.0810. The molecule has 2 aromatic rings. The molecule has 0 fully saturated rings. The van der Waals surface area contributed by atoms with Gasteiger partial charge in [0.15, 0.2) is 0 Å². The molecule has 0 aliphatic carbocycles. The van der Waals surface area contributed by atoms with Crippen molar-refractivity contribution in [1.82, 2.24) is 0 Å². The molecule has 0 radical (unpaired) electrons. The highest BCUT2D eigenvalue weighted by molar-refractivity contribution is 6.00. The lowest BCUT2D eigenvalue weighted by Gasteiger charge is -2.07. The van der Waals surface area contributed by atoms with Gasteiger partial charge in [0.25, 0.3) is 5.91 Å². The Bertz CT molecular complexity index is 700. The molecule has 104 valence electrons. The molecule has 2 rings (SSSR count). The van der Waals surface area contributed by atoms with Gasteiger partial charge in [0, 0.05) is 0 Å². The Morgan fingerprint density at radius 3 is 2.62 bits per heavy atom. The van der Waals surface area contributed by atoms with Crippen molar-refractivity contribution >= 4 is 12.0 Å². The topological polar surface area (TPSA) is 76.1 Å². The lowest BCUT2D eigenvalue weighted by molar-refractivity contribution is -0.114. The monoisotopic (exact) mass is 278 g/mol. The highest BCUT2D eigenvalue weighted by atomic mass is 16.5. The van der Waals surface area contributed by atoms with Crippen molar-refractivity contribution in [2.24, 2.45) is 5.73 Å². The van der Waals surface area contributed by atoms with Crippen LogP contribution in [0.1, 0.15) is 11.1 Å². The third kappa shape index (κ3) is 4.22. The summed E-state index contributed by atoms with van der Waals surface area (Å²) >= 11 is 0. The molecule has 0 spiro atoms. The van der Waals surface area contributed by atoms with Crippen molar-refractivity contribution in [3.63, 3.8) is 0 Å². The van der Waals surface area contributed by atoms with Crippen LogP contribution in [0.3, 0.4) is 0 Å². The molecular formula is C17H14N2O2. The fraction of sp³-hybridized carbons (Fsp3) is 0.0588. The number of hydrogen-bond acceptors (Lipinski definition) is 3. The summed E-state index contributed by atoms with van der Waals surface area (Å²) in [6, 6.07) is 18.7. The zero-order chi connectivity index (χ0) is 15.1. The normalized spacial score (nSPS) is 10.7. The second-order valence-electron chi connectivity index (χ2n) is 4.38. The first-order valence-corrected chi connectivity index (χ1v) is 6.37. The molecule has 0 heterocycles. The summed E-state index contributed by atoms with van der Waals surface area (Å²) < 4.78 is 5.68. The fourth-order valence-corrected chi connectivity index (χ4v) is 1.76. The van der Waals surface area contributed by atoms with Gasteiger partial charge in [0.1, 0.15) is 24.0 Å². The van der Waals surface area contributed by atoms with Crippen molar-refractivity contribution in [3.05, 3.63) is 71.3 Å². The van der Waals surface area contributed by atoms with Crippen LogP contribution in [0, 0.1) is 11.3 Å². The number of ether oxygens (including phenoxy) is 1. The minimum absolute atomic E-state index is 0.0878. The van der Waals surface area contributed by atoms with Crippen LogP contribution in [0.2, 0.25) is 0 Å². The lowest BCUT2D eigenvalue weighted by Crippen LogP contribution is -2.12. The number of nitrogens with two attached hydrogens (primary N) is 1. The van der Waals surface area contributed by atoms with Crippen molar-refractivity contribution in [2.45, 2.75) is 6.61 Å². The zero-order valence-electron chi connectivity index (χ0n) is 11.3. The predicted molar refractivity (Wildman–Crippen MR) is 80.0 cm³/mol. The molecular weight excluding hydrogens is 264 g/mol. The molecule has 0 unspecified atom stereocenters. The average Bonchev–Trinajstić information content (AvgIpc) is 2.52. The Labute approximate surface area is 123 Å². The maximum Gasteiger partial charge on any atom is 0.259 e. The predicted octanol–water partition coefficient (Wildman–Crippen LogP) is 2.66. The fourth-order valence-electron chi connectivity index (χ4n) is 1.76. The zero-order valence-corrected chi connectivity index (χ0v) is 11.3. The number of primary amides is 1. The van der Waals surface area contributed by atoms with E-state index in [1.54, 1.807) is 24.3 Å². The van der Waals surface area contributed by atoms with Gasteiger partial charge in [-0.3, -0.25) is 4.79 Å². The summed E-state index contributed by atoms with van der Waals surface area (Å²) in [6.45, 7) is 0.453. The summed E-state index contributed by atoms with van der Waals surface area (Å²) in [7, 11) is 0. The number of rotatable bonds is 5. The number of benzene rings is 2. The standard InChI is InChI=1S/C17H14N2O2/c18-11-15(17(19)20)9-14-7-4-8-16(10-14)21-12-13-5-2-1-3-6-13/h1-10H,12H2,(H2,19,20)/b15-9-. The molecule has 2 N–H and O–H groups in total. The van der Waals surface area contributed by atoms with Crippen molar-refractivity contribution < 1.29 is 9.53 Å². The molecule has 1 amide bonds. The second-order valence-corrected chi connectivity index (χ2v) is 4.38. The van der Waals surface area contributed by atoms with Crippen LogP contribution < -0.4 is 10.5 Å². The Kier molecular flexibility index (Phi) is 4.73. The summed E-state index contributed by atoms with van der Waals surface area (Å²) in [5.41, 5.74) is 6.77. The summed E-state index contributed by atoms with van der Waals surface area (Å²) in [5, 5.41) is 8.83. The molecule has 0 aliphatic heterocycles. The van der Waals surface area contributed by atoms with Gasteiger partial charge >= 0.3 is 0 Å². The van der Waals surface area contributed by atoms with E-state index in [0.29, 0.717) is 17.9 Å². The number of carbonyl (C=O) groups is 1. The van der Waals surface area contributed by atoms with Gasteiger partial charge < -0.3 is 10.5 Å². The van der Waals surface area contributed by atoms with Crippen molar-refractivity contribution in [3.8, 4) is 11.8 Å². The molecule has 0 saturated carbocycles. The van der Waals surface area contributed by atoms with Crippen LogP contribution in [-0.2, 0) is 11.4 Å². The van der Waals surface area contributed by atoms with Gasteiger partial charge in [-0.25, -0.2) is 0 Å². The minimum Gasteiger partial charge on any atom is -0.489 e. The van der Waals surface area contributed by atoms with E-state index >= 15 is 0 Å². The Hall–Kier alpha value is -3.06. The van der Waals surface area contributed by atoms with E-state index < -0.39 is 5.91 Å². The molecule has 4 heteroatoms. The minimum atomic E-state index is -0.742. The van der Waals surface area contributed by atoms with Crippen molar-refractivity contribution in [2.75, 3.05) is 0 Å². The van der Waals surface area contributed by atoms with Gasteiger partial charge in [-0.1, -0.05) is 42.5 Å². The number of hydrogen-bond donors (Lipinski definition) is 1. The maximum atomic E-state index is 11.0. The third-order valence-electron chi connectivity index (χ3n) is 2.80. The first-order chi connectivity index (χ1) is 10.2. The highest BCUT2D eigenvalue weighted by Crippen LogP contribution is 2.17. The first kappa shape index (κ1) is 14.4. The Morgan fingerprint density at radius 1 is 1.19 bits per heavy atom. The maximum absolute atomic E-state index is 11.0. The van der Waals surface area contributed by atoms with Gasteiger partial charge in [-0.15, -0.1) is 0 Å². The van der Waals surface area contributed by atoms with Crippen LogP contribution in [0.5, 0.6) is 5.75 Å². The summed E-state index contributed by atoms with van der Waals surface area (Å²) in [4.78, 5) is 11.0. The van der Waals surface area contributed by atoms with Crippen LogP contribution in [0.25, 0.3) is 6.08 Å². The van der Waals surface area contributed by atoms with Gasteiger partial charge in [-0.2, -0.15) is 5.26 Å². The smallest absolute Gasteiger partial charge is 0.259 e. The number of nitriles is 1. The van der Waals surface area contributed by atoms with Crippen LogP contribution in [0.15, 0.2) is 60.2 Å². The highest BCUT2D eigenvalue weighted by Gasteiger charge is 2.04. The molecule has 0 saturated heterocycles. The van der Waals surface area contributed by atoms with E-state index in [1.165, 1.54) is 6.08 Å². The van der Waals surface area contributed by atoms with E-state index in [2.05, 4.69) is 0 Å². The van der Waals surface area contributed by atoms with E-state index in [4.69, 9.17) is 15.7 Å². The van der Waals surface area contributed by atoms with E-state index in [-0.39, 0.29) is 5.57 Å². The Morgan fingerprint density at radius 2 is 1.95 bits per heavy atom.